The molecule has 0 aliphatic heterocycles. The van der Waals surface area contributed by atoms with E-state index in [2.05, 4.69) is 23.0 Å². The SMILES string of the molecule is COCC(C)c1ncc(C2=C(O)CCC=C2)[nH]1. The van der Waals surface area contributed by atoms with E-state index in [1.54, 1.807) is 13.3 Å². The minimum Gasteiger partial charge on any atom is -0.512 e. The molecule has 4 heteroatoms. The summed E-state index contributed by atoms with van der Waals surface area (Å²) >= 11 is 0. The van der Waals surface area contributed by atoms with E-state index in [0.29, 0.717) is 18.8 Å². The van der Waals surface area contributed by atoms with Crippen LogP contribution in [-0.4, -0.2) is 28.8 Å². The van der Waals surface area contributed by atoms with Crippen LogP contribution < -0.4 is 0 Å². The molecule has 1 aromatic rings. The zero-order chi connectivity index (χ0) is 12.3. The highest BCUT2D eigenvalue weighted by Crippen LogP contribution is 2.25. The quantitative estimate of drug-likeness (QED) is 0.842. The molecule has 0 saturated carbocycles. The van der Waals surface area contributed by atoms with E-state index in [9.17, 15) is 5.11 Å². The fraction of sp³-hybridized carbons (Fsp3) is 0.462. The lowest BCUT2D eigenvalue weighted by Crippen LogP contribution is -2.04. The fourth-order valence-electron chi connectivity index (χ4n) is 1.95. The highest BCUT2D eigenvalue weighted by molar-refractivity contribution is 5.73. The minimum absolute atomic E-state index is 0.226. The van der Waals surface area contributed by atoms with Crippen molar-refractivity contribution in [3.63, 3.8) is 0 Å². The third-order valence-corrected chi connectivity index (χ3v) is 2.91. The van der Waals surface area contributed by atoms with Crippen LogP contribution in [0.1, 0.15) is 37.2 Å². The molecule has 1 atom stereocenters. The zero-order valence-electron chi connectivity index (χ0n) is 10.2. The van der Waals surface area contributed by atoms with E-state index in [1.807, 2.05) is 6.08 Å². The first-order valence-corrected chi connectivity index (χ1v) is 5.85. The Kier molecular flexibility index (Phi) is 3.64. The van der Waals surface area contributed by atoms with Gasteiger partial charge in [-0.1, -0.05) is 19.1 Å². The number of nitrogens with one attached hydrogen (secondary N) is 1. The van der Waals surface area contributed by atoms with E-state index in [-0.39, 0.29) is 5.92 Å². The van der Waals surface area contributed by atoms with Gasteiger partial charge in [-0.15, -0.1) is 0 Å². The Morgan fingerprint density at radius 2 is 2.41 bits per heavy atom. The molecule has 1 aliphatic rings. The van der Waals surface area contributed by atoms with Crippen molar-refractivity contribution in [3.05, 3.63) is 35.6 Å². The number of H-pyrrole nitrogens is 1. The number of hydrogen-bond donors (Lipinski definition) is 2. The number of aliphatic hydroxyl groups excluding tert-OH is 1. The molecule has 1 aliphatic carbocycles. The molecule has 2 N–H and O–H groups in total. The molecular formula is C13H18N2O2. The van der Waals surface area contributed by atoms with E-state index in [4.69, 9.17) is 4.74 Å². The first-order valence-electron chi connectivity index (χ1n) is 5.85. The van der Waals surface area contributed by atoms with Gasteiger partial charge in [0.05, 0.1) is 18.5 Å². The molecule has 17 heavy (non-hydrogen) atoms. The Balaban J connectivity index is 2.21. The minimum atomic E-state index is 0.226. The molecular weight excluding hydrogens is 216 g/mol. The molecule has 92 valence electrons. The topological polar surface area (TPSA) is 58.1 Å². The van der Waals surface area contributed by atoms with Gasteiger partial charge in [0.1, 0.15) is 11.6 Å². The van der Waals surface area contributed by atoms with E-state index >= 15 is 0 Å². The third-order valence-electron chi connectivity index (χ3n) is 2.91. The summed E-state index contributed by atoms with van der Waals surface area (Å²) in [6.07, 6.45) is 7.37. The molecule has 1 heterocycles. The molecule has 0 fully saturated rings. The van der Waals surface area contributed by atoms with Gasteiger partial charge >= 0.3 is 0 Å². The number of imidazole rings is 1. The normalized spacial score (nSPS) is 17.5. The van der Waals surface area contributed by atoms with Gasteiger partial charge in [0.2, 0.25) is 0 Å². The average Bonchev–Trinajstić information content (AvgIpc) is 2.79. The number of aromatic nitrogens is 2. The predicted octanol–water partition coefficient (Wildman–Crippen LogP) is 2.78. The second-order valence-corrected chi connectivity index (χ2v) is 4.34. The van der Waals surface area contributed by atoms with Gasteiger partial charge in [-0.05, 0) is 6.42 Å². The van der Waals surface area contributed by atoms with Crippen molar-refractivity contribution in [3.8, 4) is 0 Å². The van der Waals surface area contributed by atoms with Gasteiger partial charge in [-0.3, -0.25) is 0 Å². The van der Waals surface area contributed by atoms with Crippen LogP contribution in [0.3, 0.4) is 0 Å². The van der Waals surface area contributed by atoms with Gasteiger partial charge in [0.25, 0.3) is 0 Å². The summed E-state index contributed by atoms with van der Waals surface area (Å²) in [4.78, 5) is 7.57. The number of aliphatic hydroxyl groups is 1. The average molecular weight is 234 g/mol. The van der Waals surface area contributed by atoms with Gasteiger partial charge in [0.15, 0.2) is 0 Å². The van der Waals surface area contributed by atoms with E-state index in [1.165, 1.54) is 0 Å². The summed E-state index contributed by atoms with van der Waals surface area (Å²) in [5.41, 5.74) is 1.72. The Labute approximate surface area is 101 Å². The molecule has 1 aromatic heterocycles. The zero-order valence-corrected chi connectivity index (χ0v) is 10.2. The van der Waals surface area contributed by atoms with Crippen molar-refractivity contribution >= 4 is 5.57 Å². The van der Waals surface area contributed by atoms with Crippen LogP contribution in [0.25, 0.3) is 5.57 Å². The maximum atomic E-state index is 9.83. The van der Waals surface area contributed by atoms with Crippen LogP contribution in [0.15, 0.2) is 24.1 Å². The lowest BCUT2D eigenvalue weighted by molar-refractivity contribution is 0.182. The fourth-order valence-corrected chi connectivity index (χ4v) is 1.95. The van der Waals surface area contributed by atoms with E-state index < -0.39 is 0 Å². The summed E-state index contributed by atoms with van der Waals surface area (Å²) in [5, 5.41) is 9.83. The van der Waals surface area contributed by atoms with Gasteiger partial charge < -0.3 is 14.8 Å². The molecule has 4 nitrogen and oxygen atoms in total. The molecule has 0 amide bonds. The first-order chi connectivity index (χ1) is 8.22. The van der Waals surface area contributed by atoms with Gasteiger partial charge in [0, 0.05) is 25.0 Å². The Morgan fingerprint density at radius 3 is 3.12 bits per heavy atom. The van der Waals surface area contributed by atoms with E-state index in [0.717, 1.165) is 23.5 Å². The van der Waals surface area contributed by atoms with Gasteiger partial charge in [-0.2, -0.15) is 0 Å². The molecule has 2 rings (SSSR count). The van der Waals surface area contributed by atoms with Crippen molar-refractivity contribution in [2.75, 3.05) is 13.7 Å². The predicted molar refractivity (Wildman–Crippen MR) is 66.8 cm³/mol. The van der Waals surface area contributed by atoms with Crippen LogP contribution in [0, 0.1) is 0 Å². The van der Waals surface area contributed by atoms with Crippen LogP contribution in [0.4, 0.5) is 0 Å². The third kappa shape index (κ3) is 2.58. The molecule has 0 saturated heterocycles. The smallest absolute Gasteiger partial charge is 0.111 e. The highest BCUT2D eigenvalue weighted by Gasteiger charge is 2.14. The number of ether oxygens (including phenoxy) is 1. The molecule has 0 radical (unpaired) electrons. The summed E-state index contributed by atoms with van der Waals surface area (Å²) in [7, 11) is 1.68. The van der Waals surface area contributed by atoms with Crippen molar-refractivity contribution in [1.82, 2.24) is 9.97 Å². The summed E-state index contributed by atoms with van der Waals surface area (Å²) in [6, 6.07) is 0. The number of methoxy groups -OCH3 is 1. The highest BCUT2D eigenvalue weighted by atomic mass is 16.5. The standard InChI is InChI=1S/C13H18N2O2/c1-9(8-17-2)13-14-7-11(15-13)10-5-3-4-6-12(10)16/h3,5,7,9,16H,4,6,8H2,1-2H3,(H,14,15). The van der Waals surface area contributed by atoms with Crippen molar-refractivity contribution in [2.45, 2.75) is 25.7 Å². The Morgan fingerprint density at radius 1 is 1.59 bits per heavy atom. The van der Waals surface area contributed by atoms with Crippen molar-refractivity contribution in [2.24, 2.45) is 0 Å². The monoisotopic (exact) mass is 234 g/mol. The lowest BCUT2D eigenvalue weighted by atomic mass is 10.0. The lowest BCUT2D eigenvalue weighted by Gasteiger charge is -2.09. The summed E-state index contributed by atoms with van der Waals surface area (Å²) in [6.45, 7) is 2.69. The number of nitrogens with zero attached hydrogens (tertiary/aromatic N) is 1. The second kappa shape index (κ2) is 5.19. The van der Waals surface area contributed by atoms with Crippen LogP contribution >= 0.6 is 0 Å². The molecule has 0 spiro atoms. The van der Waals surface area contributed by atoms with Crippen LogP contribution in [0.2, 0.25) is 0 Å². The maximum absolute atomic E-state index is 9.83. The van der Waals surface area contributed by atoms with Crippen molar-refractivity contribution in [1.29, 1.82) is 0 Å². The second-order valence-electron chi connectivity index (χ2n) is 4.34. The van der Waals surface area contributed by atoms with Crippen molar-refractivity contribution < 1.29 is 9.84 Å². The largest absolute Gasteiger partial charge is 0.512 e. The number of allylic oxidation sites excluding steroid dienone is 4. The van der Waals surface area contributed by atoms with Crippen LogP contribution in [0.5, 0.6) is 0 Å². The first kappa shape index (κ1) is 11.9. The van der Waals surface area contributed by atoms with Gasteiger partial charge in [-0.25, -0.2) is 4.98 Å². The Hall–Kier alpha value is -1.55. The summed E-state index contributed by atoms with van der Waals surface area (Å²) < 4.78 is 5.10. The number of hydrogen-bond acceptors (Lipinski definition) is 3. The molecule has 0 aromatic carbocycles. The molecule has 1 unspecified atom stereocenters. The number of rotatable bonds is 4. The number of aromatic amines is 1. The maximum Gasteiger partial charge on any atom is 0.111 e. The Bertz CT molecular complexity index is 446. The van der Waals surface area contributed by atoms with Crippen LogP contribution in [-0.2, 0) is 4.74 Å². The summed E-state index contributed by atoms with van der Waals surface area (Å²) in [5.74, 6) is 1.55. The molecule has 0 bridgehead atoms.